The number of carbonyl (C=O) groups is 3. The van der Waals surface area contributed by atoms with Gasteiger partial charge in [0.1, 0.15) is 18.8 Å². The molecule has 1 heterocycles. The molecular weight excluding hydrogens is 504 g/mol. The van der Waals surface area contributed by atoms with Crippen LogP contribution in [0.5, 0.6) is 11.5 Å². The Hall–Kier alpha value is -3.04. The number of methoxy groups -OCH3 is 1. The molecule has 1 aliphatic heterocycles. The van der Waals surface area contributed by atoms with E-state index < -0.39 is 24.5 Å². The normalized spacial score (nSPS) is 14.5. The fourth-order valence-corrected chi connectivity index (χ4v) is 3.41. The minimum atomic E-state index is -0.698. The van der Waals surface area contributed by atoms with Crippen molar-refractivity contribution in [2.75, 3.05) is 20.3 Å². The molecule has 0 atom stereocenters. The summed E-state index contributed by atoms with van der Waals surface area (Å²) in [4.78, 5) is 36.8. The number of rotatable bonds is 8. The summed E-state index contributed by atoms with van der Waals surface area (Å²) < 4.78 is 16.8. The number of nitrogens with zero attached hydrogens (tertiary/aromatic N) is 1. The maximum Gasteiger partial charge on any atom is 0.329 e. The highest BCUT2D eigenvalue weighted by Gasteiger charge is 2.35. The summed E-state index contributed by atoms with van der Waals surface area (Å²) in [5, 5.41) is 3.10. The summed E-state index contributed by atoms with van der Waals surface area (Å²) in [6.45, 7) is 2.08. The molecule has 0 unspecified atom stereocenters. The fourth-order valence-electron chi connectivity index (χ4n) is 2.85. The molecule has 10 heteroatoms. The zero-order valence-corrected chi connectivity index (χ0v) is 19.7. The van der Waals surface area contributed by atoms with Crippen molar-refractivity contribution in [1.29, 1.82) is 0 Å². The summed E-state index contributed by atoms with van der Waals surface area (Å²) in [7, 11) is 1.18. The van der Waals surface area contributed by atoms with Gasteiger partial charge < -0.3 is 19.5 Å². The van der Waals surface area contributed by atoms with E-state index in [1.807, 2.05) is 19.1 Å². The molecule has 3 rings (SSSR count). The average Bonchev–Trinajstić information content (AvgIpc) is 3.03. The van der Waals surface area contributed by atoms with E-state index in [0.717, 1.165) is 10.5 Å². The van der Waals surface area contributed by atoms with Crippen molar-refractivity contribution in [2.24, 2.45) is 0 Å². The molecule has 0 aliphatic carbocycles. The van der Waals surface area contributed by atoms with E-state index in [1.165, 1.54) is 13.2 Å². The lowest BCUT2D eigenvalue weighted by atomic mass is 10.1. The molecule has 0 spiro atoms. The van der Waals surface area contributed by atoms with Crippen LogP contribution in [0.3, 0.4) is 0 Å². The third-order valence-corrected chi connectivity index (χ3v) is 5.39. The van der Waals surface area contributed by atoms with E-state index in [9.17, 15) is 14.4 Å². The highest BCUT2D eigenvalue weighted by molar-refractivity contribution is 9.10. The maximum absolute atomic E-state index is 12.5. The molecule has 8 nitrogen and oxygen atoms in total. The second kappa shape index (κ2) is 10.5. The molecule has 2 aromatic rings. The Bertz CT molecular complexity index is 1070. The predicted octanol–water partition coefficient (Wildman–Crippen LogP) is 4.15. The smallest absolute Gasteiger partial charge is 0.329 e. The lowest BCUT2D eigenvalue weighted by Crippen LogP contribution is -2.36. The first kappa shape index (κ1) is 23.6. The van der Waals surface area contributed by atoms with Crippen molar-refractivity contribution in [1.82, 2.24) is 10.2 Å². The van der Waals surface area contributed by atoms with Gasteiger partial charge in [0.2, 0.25) is 0 Å². The van der Waals surface area contributed by atoms with Crippen LogP contribution in [0.2, 0.25) is 5.02 Å². The first-order valence-corrected chi connectivity index (χ1v) is 10.7. The number of imide groups is 1. The van der Waals surface area contributed by atoms with Gasteiger partial charge in [0, 0.05) is 9.50 Å². The summed E-state index contributed by atoms with van der Waals surface area (Å²) >= 11 is 9.38. The molecule has 1 aliphatic rings. The molecular formula is C22H20BrClN2O6. The molecule has 0 saturated carbocycles. The van der Waals surface area contributed by atoms with Gasteiger partial charge in [-0.2, -0.15) is 0 Å². The molecule has 168 valence electrons. The third-order valence-electron chi connectivity index (χ3n) is 4.45. The number of esters is 1. The average molecular weight is 524 g/mol. The van der Waals surface area contributed by atoms with Crippen LogP contribution in [0.25, 0.3) is 6.08 Å². The third kappa shape index (κ3) is 5.60. The standard InChI is InChI=1S/C22H20BrClN2O6/c1-3-31-18-9-14(8-17-21(28)26(22(29)25-17)11-20(27)30-2)16(23)10-19(18)32-12-13-4-6-15(24)7-5-13/h4-10H,3,11-12H2,1-2H3,(H,25,29)/b17-8+. The fraction of sp³-hybridized carbons (Fsp3) is 0.227. The minimum Gasteiger partial charge on any atom is -0.490 e. The number of benzene rings is 2. The number of hydrogen-bond donors (Lipinski definition) is 1. The number of amides is 3. The van der Waals surface area contributed by atoms with Gasteiger partial charge in [-0.05, 0) is 48.4 Å². The van der Waals surface area contributed by atoms with Crippen LogP contribution in [0.4, 0.5) is 4.79 Å². The molecule has 1 fully saturated rings. The van der Waals surface area contributed by atoms with Crippen molar-refractivity contribution in [2.45, 2.75) is 13.5 Å². The van der Waals surface area contributed by atoms with Gasteiger partial charge in [0.15, 0.2) is 11.5 Å². The van der Waals surface area contributed by atoms with Gasteiger partial charge in [0.25, 0.3) is 5.91 Å². The number of urea groups is 1. The largest absolute Gasteiger partial charge is 0.490 e. The molecule has 0 aromatic heterocycles. The molecule has 1 N–H and O–H groups in total. The van der Waals surface area contributed by atoms with Crippen LogP contribution in [0.15, 0.2) is 46.6 Å². The molecule has 2 aromatic carbocycles. The first-order chi connectivity index (χ1) is 15.3. The zero-order chi connectivity index (χ0) is 23.3. The van der Waals surface area contributed by atoms with Gasteiger partial charge in [-0.25, -0.2) is 9.69 Å². The molecule has 0 bridgehead atoms. The number of carbonyl (C=O) groups excluding carboxylic acids is 3. The van der Waals surface area contributed by atoms with Crippen LogP contribution in [0, 0.1) is 0 Å². The highest BCUT2D eigenvalue weighted by Crippen LogP contribution is 2.35. The predicted molar refractivity (Wildman–Crippen MR) is 121 cm³/mol. The Labute approximate surface area is 198 Å². The van der Waals surface area contributed by atoms with Crippen LogP contribution < -0.4 is 14.8 Å². The Morgan fingerprint density at radius 3 is 2.50 bits per heavy atom. The highest BCUT2D eigenvalue weighted by atomic mass is 79.9. The molecule has 3 amide bonds. The Balaban J connectivity index is 1.83. The summed E-state index contributed by atoms with van der Waals surface area (Å²) in [6, 6.07) is 10.0. The van der Waals surface area contributed by atoms with Crippen molar-refractivity contribution >= 4 is 51.5 Å². The van der Waals surface area contributed by atoms with E-state index in [0.29, 0.717) is 39.8 Å². The Morgan fingerprint density at radius 2 is 1.84 bits per heavy atom. The second-order valence-electron chi connectivity index (χ2n) is 6.62. The zero-order valence-electron chi connectivity index (χ0n) is 17.3. The van der Waals surface area contributed by atoms with Gasteiger partial charge in [-0.1, -0.05) is 39.7 Å². The number of hydrogen-bond acceptors (Lipinski definition) is 6. The minimum absolute atomic E-state index is 0.0249. The van der Waals surface area contributed by atoms with Crippen molar-refractivity contribution in [3.63, 3.8) is 0 Å². The molecule has 0 radical (unpaired) electrons. The van der Waals surface area contributed by atoms with Gasteiger partial charge in [-0.15, -0.1) is 0 Å². The Kier molecular flexibility index (Phi) is 7.76. The summed E-state index contributed by atoms with van der Waals surface area (Å²) in [6.07, 6.45) is 1.49. The van der Waals surface area contributed by atoms with Crippen molar-refractivity contribution < 1.29 is 28.6 Å². The lowest BCUT2D eigenvalue weighted by Gasteiger charge is -2.14. The van der Waals surface area contributed by atoms with Crippen LogP contribution in [0.1, 0.15) is 18.1 Å². The van der Waals surface area contributed by atoms with E-state index in [-0.39, 0.29) is 5.70 Å². The number of halogens is 2. The molecule has 1 saturated heterocycles. The van der Waals surface area contributed by atoms with Crippen LogP contribution in [-0.4, -0.2) is 43.1 Å². The van der Waals surface area contributed by atoms with Crippen molar-refractivity contribution in [3.8, 4) is 11.5 Å². The molecule has 32 heavy (non-hydrogen) atoms. The maximum atomic E-state index is 12.5. The van der Waals surface area contributed by atoms with E-state index >= 15 is 0 Å². The van der Waals surface area contributed by atoms with Crippen molar-refractivity contribution in [3.05, 3.63) is 62.7 Å². The monoisotopic (exact) mass is 522 g/mol. The van der Waals surface area contributed by atoms with E-state index in [4.69, 9.17) is 21.1 Å². The number of ether oxygens (including phenoxy) is 3. The quantitative estimate of drug-likeness (QED) is 0.317. The second-order valence-corrected chi connectivity index (χ2v) is 7.91. The summed E-state index contributed by atoms with van der Waals surface area (Å²) in [5.41, 5.74) is 1.54. The topological polar surface area (TPSA) is 94.2 Å². The lowest BCUT2D eigenvalue weighted by molar-refractivity contribution is -0.143. The van der Waals surface area contributed by atoms with Crippen LogP contribution in [-0.2, 0) is 20.9 Å². The van der Waals surface area contributed by atoms with E-state index in [1.54, 1.807) is 24.3 Å². The SMILES string of the molecule is CCOc1cc(/C=C2/NC(=O)N(CC(=O)OC)C2=O)c(Br)cc1OCc1ccc(Cl)cc1. The van der Waals surface area contributed by atoms with Gasteiger partial charge in [-0.3, -0.25) is 9.59 Å². The summed E-state index contributed by atoms with van der Waals surface area (Å²) in [5.74, 6) is -0.352. The first-order valence-electron chi connectivity index (χ1n) is 9.57. The number of nitrogens with one attached hydrogen (secondary N) is 1. The van der Waals surface area contributed by atoms with Gasteiger partial charge >= 0.3 is 12.0 Å². The van der Waals surface area contributed by atoms with Gasteiger partial charge in [0.05, 0.1) is 13.7 Å². The Morgan fingerprint density at radius 1 is 1.16 bits per heavy atom. The van der Waals surface area contributed by atoms with E-state index in [2.05, 4.69) is 26.0 Å². The van der Waals surface area contributed by atoms with Crippen LogP contribution >= 0.6 is 27.5 Å².